The smallest absolute Gasteiger partial charge is 0.253 e. The van der Waals surface area contributed by atoms with Crippen LogP contribution in [0.15, 0.2) is 30.9 Å². The maximum Gasteiger partial charge on any atom is 0.253 e. The number of nitrogens with two attached hydrogens (primary N) is 1. The van der Waals surface area contributed by atoms with E-state index in [2.05, 4.69) is 20.5 Å². The second-order valence-electron chi connectivity index (χ2n) is 3.69. The third-order valence-corrected chi connectivity index (χ3v) is 2.46. The topological polar surface area (TPSA) is 96.7 Å². The van der Waals surface area contributed by atoms with Crippen LogP contribution in [0.4, 0.5) is 5.69 Å². The number of nitrogen functional groups attached to an aromatic ring is 1. The van der Waals surface area contributed by atoms with E-state index in [1.54, 1.807) is 18.5 Å². The molecule has 0 aliphatic rings. The first-order chi connectivity index (χ1) is 8.18. The normalized spacial score (nSPS) is 12.1. The number of nitrogens with one attached hydrogen (secondary N) is 2. The summed E-state index contributed by atoms with van der Waals surface area (Å²) in [6.07, 6.45) is 6.40. The van der Waals surface area contributed by atoms with Crippen LogP contribution in [0.25, 0.3) is 0 Å². The van der Waals surface area contributed by atoms with Gasteiger partial charge < -0.3 is 11.1 Å². The Morgan fingerprint density at radius 1 is 1.53 bits per heavy atom. The third-order valence-electron chi connectivity index (χ3n) is 2.46. The van der Waals surface area contributed by atoms with E-state index in [9.17, 15) is 4.79 Å². The zero-order chi connectivity index (χ0) is 12.3. The van der Waals surface area contributed by atoms with Gasteiger partial charge in [0.15, 0.2) is 0 Å². The lowest BCUT2D eigenvalue weighted by molar-refractivity contribution is 0.0940. The molecule has 0 saturated heterocycles. The molecule has 88 valence electrons. The molecule has 6 heteroatoms. The van der Waals surface area contributed by atoms with Crippen molar-refractivity contribution in [1.82, 2.24) is 20.5 Å². The first-order valence-electron chi connectivity index (χ1n) is 5.17. The molecule has 0 saturated carbocycles. The molecule has 2 aromatic rings. The molecule has 0 fully saturated rings. The Balaban J connectivity index is 2.10. The van der Waals surface area contributed by atoms with Gasteiger partial charge >= 0.3 is 0 Å². The number of H-pyrrole nitrogens is 1. The highest BCUT2D eigenvalue weighted by atomic mass is 16.1. The molecular weight excluding hydrogens is 218 g/mol. The highest BCUT2D eigenvalue weighted by Gasteiger charge is 2.13. The third kappa shape index (κ3) is 2.41. The Morgan fingerprint density at radius 3 is 3.00 bits per heavy atom. The van der Waals surface area contributed by atoms with Crippen molar-refractivity contribution in [3.8, 4) is 0 Å². The van der Waals surface area contributed by atoms with Gasteiger partial charge in [-0.3, -0.25) is 14.9 Å². The average Bonchev–Trinajstić information content (AvgIpc) is 2.82. The molecular formula is C11H13N5O. The number of anilines is 1. The Hall–Kier alpha value is -2.37. The van der Waals surface area contributed by atoms with E-state index in [1.165, 1.54) is 12.4 Å². The van der Waals surface area contributed by atoms with Crippen LogP contribution < -0.4 is 11.1 Å². The summed E-state index contributed by atoms with van der Waals surface area (Å²) >= 11 is 0. The number of rotatable bonds is 3. The van der Waals surface area contributed by atoms with Gasteiger partial charge in [0.2, 0.25) is 0 Å². The largest absolute Gasteiger partial charge is 0.397 e. The minimum Gasteiger partial charge on any atom is -0.397 e. The Kier molecular flexibility index (Phi) is 3.04. The molecule has 1 unspecified atom stereocenters. The number of aromatic amines is 1. The van der Waals surface area contributed by atoms with Crippen LogP contribution in [0.3, 0.4) is 0 Å². The molecule has 2 aromatic heterocycles. The lowest BCUT2D eigenvalue weighted by Crippen LogP contribution is -2.27. The standard InChI is InChI=1S/C11H13N5O/c1-7(8-4-14-15-5-8)16-11(17)9-2-3-13-6-10(9)12/h2-7H,12H2,1H3,(H,14,15)(H,16,17). The SMILES string of the molecule is CC(NC(=O)c1ccncc1N)c1cn[nH]c1. The first kappa shape index (κ1) is 11.1. The van der Waals surface area contributed by atoms with Crippen molar-refractivity contribution in [2.75, 3.05) is 5.73 Å². The first-order valence-corrected chi connectivity index (χ1v) is 5.17. The molecule has 6 nitrogen and oxygen atoms in total. The summed E-state index contributed by atoms with van der Waals surface area (Å²) in [6.45, 7) is 1.88. The number of carbonyl (C=O) groups excluding carboxylic acids is 1. The molecule has 0 aliphatic heterocycles. The number of hydrogen-bond acceptors (Lipinski definition) is 4. The van der Waals surface area contributed by atoms with Crippen molar-refractivity contribution in [3.05, 3.63) is 42.0 Å². The van der Waals surface area contributed by atoms with E-state index in [0.717, 1.165) is 5.56 Å². The fraction of sp³-hybridized carbons (Fsp3) is 0.182. The van der Waals surface area contributed by atoms with Crippen LogP contribution in [-0.4, -0.2) is 21.1 Å². The molecule has 0 spiro atoms. The summed E-state index contributed by atoms with van der Waals surface area (Å²) in [4.78, 5) is 15.8. The number of pyridine rings is 1. The number of aromatic nitrogens is 3. The highest BCUT2D eigenvalue weighted by Crippen LogP contribution is 2.13. The molecule has 0 bridgehead atoms. The van der Waals surface area contributed by atoms with E-state index in [4.69, 9.17) is 5.73 Å². The molecule has 0 aromatic carbocycles. The van der Waals surface area contributed by atoms with Crippen molar-refractivity contribution in [2.24, 2.45) is 0 Å². The molecule has 0 aliphatic carbocycles. The van der Waals surface area contributed by atoms with Crippen LogP contribution in [0.2, 0.25) is 0 Å². The minimum atomic E-state index is -0.224. The van der Waals surface area contributed by atoms with Crippen molar-refractivity contribution in [1.29, 1.82) is 0 Å². The maximum atomic E-state index is 11.9. The molecule has 2 heterocycles. The van der Waals surface area contributed by atoms with Gasteiger partial charge in [-0.05, 0) is 13.0 Å². The molecule has 1 atom stereocenters. The van der Waals surface area contributed by atoms with Crippen molar-refractivity contribution in [3.63, 3.8) is 0 Å². The molecule has 1 amide bonds. The van der Waals surface area contributed by atoms with Gasteiger partial charge in [-0.1, -0.05) is 0 Å². The van der Waals surface area contributed by atoms with E-state index >= 15 is 0 Å². The Bertz CT molecular complexity index is 508. The fourth-order valence-corrected chi connectivity index (χ4v) is 1.47. The van der Waals surface area contributed by atoms with Crippen LogP contribution in [-0.2, 0) is 0 Å². The zero-order valence-corrected chi connectivity index (χ0v) is 9.34. The monoisotopic (exact) mass is 231 g/mol. The number of amides is 1. The summed E-state index contributed by atoms with van der Waals surface area (Å²) < 4.78 is 0. The second-order valence-corrected chi connectivity index (χ2v) is 3.69. The molecule has 0 radical (unpaired) electrons. The van der Waals surface area contributed by atoms with Gasteiger partial charge in [-0.2, -0.15) is 5.10 Å². The van der Waals surface area contributed by atoms with Gasteiger partial charge in [0, 0.05) is 18.0 Å². The predicted octanol–water partition coefficient (Wildman–Crippen LogP) is 0.878. The van der Waals surface area contributed by atoms with Crippen molar-refractivity contribution >= 4 is 11.6 Å². The molecule has 2 rings (SSSR count). The van der Waals surface area contributed by atoms with Gasteiger partial charge in [-0.15, -0.1) is 0 Å². The lowest BCUT2D eigenvalue weighted by atomic mass is 10.1. The van der Waals surface area contributed by atoms with Gasteiger partial charge in [0.05, 0.1) is 29.7 Å². The Morgan fingerprint density at radius 2 is 2.35 bits per heavy atom. The van der Waals surface area contributed by atoms with E-state index in [-0.39, 0.29) is 11.9 Å². The van der Waals surface area contributed by atoms with Gasteiger partial charge in [0.25, 0.3) is 5.91 Å². The summed E-state index contributed by atoms with van der Waals surface area (Å²) in [5, 5.41) is 9.36. The van der Waals surface area contributed by atoms with Crippen molar-refractivity contribution in [2.45, 2.75) is 13.0 Å². The molecule has 4 N–H and O–H groups in total. The minimum absolute atomic E-state index is 0.131. The number of nitrogens with zero attached hydrogens (tertiary/aromatic N) is 2. The van der Waals surface area contributed by atoms with Crippen LogP contribution in [0.5, 0.6) is 0 Å². The fourth-order valence-electron chi connectivity index (χ4n) is 1.47. The highest BCUT2D eigenvalue weighted by molar-refractivity contribution is 5.99. The van der Waals surface area contributed by atoms with E-state index < -0.39 is 0 Å². The van der Waals surface area contributed by atoms with Crippen LogP contribution in [0, 0.1) is 0 Å². The predicted molar refractivity (Wildman–Crippen MR) is 63.1 cm³/mol. The quantitative estimate of drug-likeness (QED) is 0.730. The number of hydrogen-bond donors (Lipinski definition) is 3. The van der Waals surface area contributed by atoms with Gasteiger partial charge in [-0.25, -0.2) is 0 Å². The zero-order valence-electron chi connectivity index (χ0n) is 9.34. The Labute approximate surface area is 98.3 Å². The van der Waals surface area contributed by atoms with Crippen LogP contribution in [0.1, 0.15) is 28.9 Å². The second kappa shape index (κ2) is 4.65. The summed E-state index contributed by atoms with van der Waals surface area (Å²) in [5.41, 5.74) is 7.37. The number of carbonyl (C=O) groups is 1. The maximum absolute atomic E-state index is 11.9. The van der Waals surface area contributed by atoms with E-state index in [0.29, 0.717) is 11.3 Å². The van der Waals surface area contributed by atoms with E-state index in [1.807, 2.05) is 6.92 Å². The van der Waals surface area contributed by atoms with Crippen molar-refractivity contribution < 1.29 is 4.79 Å². The average molecular weight is 231 g/mol. The summed E-state index contributed by atoms with van der Waals surface area (Å²) in [5.74, 6) is -0.224. The van der Waals surface area contributed by atoms with Gasteiger partial charge in [0.1, 0.15) is 0 Å². The summed E-state index contributed by atoms with van der Waals surface area (Å²) in [7, 11) is 0. The molecule has 17 heavy (non-hydrogen) atoms. The lowest BCUT2D eigenvalue weighted by Gasteiger charge is -2.12. The summed E-state index contributed by atoms with van der Waals surface area (Å²) in [6, 6.07) is 1.46. The van der Waals surface area contributed by atoms with Crippen LogP contribution >= 0.6 is 0 Å².